The number of aromatic nitrogens is 3. The van der Waals surface area contributed by atoms with Crippen molar-refractivity contribution in [3.63, 3.8) is 0 Å². The minimum Gasteiger partial charge on any atom is -0.459 e. The van der Waals surface area contributed by atoms with Crippen LogP contribution in [0.25, 0.3) is 11.3 Å². The van der Waals surface area contributed by atoms with Gasteiger partial charge >= 0.3 is 5.97 Å². The number of nitrogen functional groups attached to an aromatic ring is 1. The molecule has 1 aliphatic heterocycles. The van der Waals surface area contributed by atoms with Gasteiger partial charge in [0.2, 0.25) is 0 Å². The highest BCUT2D eigenvalue weighted by atomic mass is 16.6. The molecular formula is C32H52N6O5. The van der Waals surface area contributed by atoms with E-state index in [0.717, 1.165) is 37.1 Å². The number of nitrogens with one attached hydrogen (secondary N) is 2. The van der Waals surface area contributed by atoms with Crippen LogP contribution in [-0.2, 0) is 25.6 Å². The van der Waals surface area contributed by atoms with Crippen molar-refractivity contribution in [1.82, 2.24) is 25.6 Å². The van der Waals surface area contributed by atoms with Crippen molar-refractivity contribution in [3.8, 4) is 11.3 Å². The molecule has 0 spiro atoms. The molecule has 1 saturated heterocycles. The number of esters is 1. The summed E-state index contributed by atoms with van der Waals surface area (Å²) in [6.45, 7) is 11.4. The van der Waals surface area contributed by atoms with Gasteiger partial charge in [0, 0.05) is 37.4 Å². The molecule has 0 aliphatic carbocycles. The third-order valence-corrected chi connectivity index (χ3v) is 8.65. The smallest absolute Gasteiger partial charge is 0.316 e. The number of carbonyl (C=O) groups is 2. The first-order valence-electron chi connectivity index (χ1n) is 15.7. The van der Waals surface area contributed by atoms with Crippen LogP contribution in [0.5, 0.6) is 0 Å². The molecule has 11 nitrogen and oxygen atoms in total. The van der Waals surface area contributed by atoms with E-state index in [9.17, 15) is 14.7 Å². The topological polar surface area (TPSA) is 154 Å². The number of benzene rings is 1. The maximum atomic E-state index is 13.0. The van der Waals surface area contributed by atoms with Crippen molar-refractivity contribution in [3.05, 3.63) is 30.5 Å². The summed E-state index contributed by atoms with van der Waals surface area (Å²) in [5.41, 5.74) is 6.90. The number of nitrogens with two attached hydrogens (primary N) is 1. The number of Topliss-reactive ketones (excluding diaryl/α,β-unsaturated/α-hetero) is 1. The van der Waals surface area contributed by atoms with E-state index in [1.165, 1.54) is 0 Å². The Hall–Kier alpha value is -2.86. The van der Waals surface area contributed by atoms with Gasteiger partial charge in [-0.2, -0.15) is 0 Å². The number of unbranched alkanes of at least 4 members (excludes halogenated alkanes) is 1. The molecule has 1 fully saturated rings. The van der Waals surface area contributed by atoms with Crippen LogP contribution in [0.15, 0.2) is 30.5 Å². The Morgan fingerprint density at radius 3 is 2.72 bits per heavy atom. The van der Waals surface area contributed by atoms with Gasteiger partial charge in [0.1, 0.15) is 29.1 Å². The second-order valence-electron chi connectivity index (χ2n) is 12.3. The van der Waals surface area contributed by atoms with Crippen LogP contribution in [0.3, 0.4) is 0 Å². The lowest BCUT2D eigenvalue weighted by Crippen LogP contribution is -2.64. The van der Waals surface area contributed by atoms with Gasteiger partial charge < -0.3 is 30.9 Å². The first-order chi connectivity index (χ1) is 20.5. The minimum absolute atomic E-state index is 0.0725. The number of nitrogens with zero attached hydrogens (tertiary/aromatic N) is 3. The number of hydrogen-bond acceptors (Lipinski definition) is 10. The molecule has 11 heteroatoms. The lowest BCUT2D eigenvalue weighted by atomic mass is 9.84. The lowest BCUT2D eigenvalue weighted by molar-refractivity contribution is -0.173. The Morgan fingerprint density at radius 2 is 2.02 bits per heavy atom. The monoisotopic (exact) mass is 600 g/mol. The molecule has 1 aliphatic rings. The highest BCUT2D eigenvalue weighted by Gasteiger charge is 2.44. The molecule has 7 atom stereocenters. The average molecular weight is 601 g/mol. The molecular weight excluding hydrogens is 548 g/mol. The second kappa shape index (κ2) is 16.3. The fourth-order valence-electron chi connectivity index (χ4n) is 5.86. The number of ether oxygens (including phenoxy) is 2. The number of aliphatic hydroxyl groups is 1. The molecule has 0 bridgehead atoms. The third-order valence-electron chi connectivity index (χ3n) is 8.65. The second-order valence-corrected chi connectivity index (χ2v) is 12.3. The van der Waals surface area contributed by atoms with Crippen LogP contribution in [0.4, 0.5) is 5.69 Å². The zero-order valence-corrected chi connectivity index (χ0v) is 26.7. The van der Waals surface area contributed by atoms with Gasteiger partial charge in [0.25, 0.3) is 0 Å². The number of ketones is 1. The molecule has 0 saturated carbocycles. The summed E-state index contributed by atoms with van der Waals surface area (Å²) in [5.74, 6) is -1.38. The molecule has 2 heterocycles. The standard InChI is InChI=1S/C32H52N6O5/c1-7-29-32(5,41)30(34-15-8-9-16-38-20-27(36-37-38)24-11-10-12-25(33)18-24)23(4)35-19-21(2)17-26(42-6)13-14-28(39)22(3)31(40)43-29/h10-12,18,20-23,26,29-30,34-35,41H,7-9,13-17,19,33H2,1-6H3/t21-,22-,23-,26+,29-,30-,32-/m1/s1. The van der Waals surface area contributed by atoms with Crippen molar-refractivity contribution < 1.29 is 24.2 Å². The Labute approximate surface area is 256 Å². The van der Waals surface area contributed by atoms with Gasteiger partial charge in [0.05, 0.1) is 18.3 Å². The number of cyclic esters (lactones) is 1. The molecule has 0 unspecified atom stereocenters. The number of aryl methyl sites for hydroxylation is 1. The van der Waals surface area contributed by atoms with Gasteiger partial charge in [-0.05, 0) is 84.0 Å². The van der Waals surface area contributed by atoms with E-state index in [2.05, 4.69) is 27.9 Å². The van der Waals surface area contributed by atoms with Gasteiger partial charge in [-0.25, -0.2) is 0 Å². The third kappa shape index (κ3) is 9.82. The fourth-order valence-corrected chi connectivity index (χ4v) is 5.86. The number of anilines is 1. The van der Waals surface area contributed by atoms with Crippen LogP contribution < -0.4 is 16.4 Å². The first kappa shape index (κ1) is 34.6. The van der Waals surface area contributed by atoms with E-state index in [1.807, 2.05) is 49.0 Å². The van der Waals surface area contributed by atoms with Crippen LogP contribution in [0, 0.1) is 11.8 Å². The predicted molar refractivity (Wildman–Crippen MR) is 167 cm³/mol. The molecule has 5 N–H and O–H groups in total. The highest BCUT2D eigenvalue weighted by molar-refractivity contribution is 5.98. The fraction of sp³-hybridized carbons (Fsp3) is 0.688. The minimum atomic E-state index is -1.39. The van der Waals surface area contributed by atoms with Crippen molar-refractivity contribution >= 4 is 17.4 Å². The number of methoxy groups -OCH3 is 1. The first-order valence-corrected chi connectivity index (χ1v) is 15.7. The van der Waals surface area contributed by atoms with Gasteiger partial charge in [-0.15, -0.1) is 5.10 Å². The summed E-state index contributed by atoms with van der Waals surface area (Å²) in [4.78, 5) is 25.8. The van der Waals surface area contributed by atoms with Crippen molar-refractivity contribution in [2.75, 3.05) is 25.9 Å². The maximum absolute atomic E-state index is 13.0. The van der Waals surface area contributed by atoms with Gasteiger partial charge in [-0.3, -0.25) is 14.3 Å². The van der Waals surface area contributed by atoms with Crippen LogP contribution in [-0.4, -0.2) is 81.9 Å². The summed E-state index contributed by atoms with van der Waals surface area (Å²) >= 11 is 0. The number of carbonyl (C=O) groups excluding carboxylic acids is 2. The van der Waals surface area contributed by atoms with Crippen LogP contribution in [0.2, 0.25) is 0 Å². The highest BCUT2D eigenvalue weighted by Crippen LogP contribution is 2.26. The SMILES string of the molecule is CC[C@H]1OC(=O)[C@H](C)C(=O)CC[C@H](OC)C[C@@H](C)CN[C@H](C)[C@@H](NCCCCn2cc(-c3cccc(N)c3)nn2)[C@]1(C)O. The van der Waals surface area contributed by atoms with Crippen LogP contribution >= 0.6 is 0 Å². The molecule has 43 heavy (non-hydrogen) atoms. The number of rotatable bonds is 9. The summed E-state index contributed by atoms with van der Waals surface area (Å²) < 4.78 is 13.3. The Kier molecular flexibility index (Phi) is 13.1. The van der Waals surface area contributed by atoms with E-state index >= 15 is 0 Å². The normalized spacial score (nSPS) is 29.9. The molecule has 1 aromatic heterocycles. The van der Waals surface area contributed by atoms with Gasteiger partial charge in [-0.1, -0.05) is 31.2 Å². The molecule has 240 valence electrons. The van der Waals surface area contributed by atoms with E-state index in [4.69, 9.17) is 15.2 Å². The molecule has 1 aromatic carbocycles. The zero-order valence-electron chi connectivity index (χ0n) is 26.7. The lowest BCUT2D eigenvalue weighted by Gasteiger charge is -2.42. The largest absolute Gasteiger partial charge is 0.459 e. The Balaban J connectivity index is 1.67. The molecule has 2 aromatic rings. The summed E-state index contributed by atoms with van der Waals surface area (Å²) in [7, 11) is 1.66. The predicted octanol–water partition coefficient (Wildman–Crippen LogP) is 3.36. The van der Waals surface area contributed by atoms with Crippen molar-refractivity contribution in [2.24, 2.45) is 11.8 Å². The van der Waals surface area contributed by atoms with E-state index in [0.29, 0.717) is 31.6 Å². The average Bonchev–Trinajstić information content (AvgIpc) is 3.46. The van der Waals surface area contributed by atoms with Crippen molar-refractivity contribution in [1.29, 1.82) is 0 Å². The zero-order chi connectivity index (χ0) is 31.6. The van der Waals surface area contributed by atoms with E-state index in [1.54, 1.807) is 21.0 Å². The van der Waals surface area contributed by atoms with Crippen molar-refractivity contribution in [2.45, 2.75) is 110 Å². The van der Waals surface area contributed by atoms with Gasteiger partial charge in [0.15, 0.2) is 0 Å². The van der Waals surface area contributed by atoms with Crippen LogP contribution in [0.1, 0.15) is 73.1 Å². The molecule has 0 amide bonds. The maximum Gasteiger partial charge on any atom is 0.316 e. The molecule has 0 radical (unpaired) electrons. The van der Waals surface area contributed by atoms with E-state index < -0.39 is 29.6 Å². The summed E-state index contributed by atoms with van der Waals surface area (Å²) in [6.07, 6.45) is 4.75. The summed E-state index contributed by atoms with van der Waals surface area (Å²) in [5, 5.41) is 27.6. The quantitative estimate of drug-likeness (QED) is 0.146. The molecule has 3 rings (SSSR count). The Bertz CT molecular complexity index is 1170. The Morgan fingerprint density at radius 1 is 1.26 bits per heavy atom. The van der Waals surface area contributed by atoms with E-state index in [-0.39, 0.29) is 30.3 Å². The summed E-state index contributed by atoms with van der Waals surface area (Å²) in [6, 6.07) is 7.02. The number of hydrogen-bond donors (Lipinski definition) is 4.